The quantitative estimate of drug-likeness (QED) is 0.216. The molecule has 0 spiro atoms. The maximum Gasteiger partial charge on any atom is 0.215 e. The van der Waals surface area contributed by atoms with Crippen molar-refractivity contribution in [2.24, 2.45) is 5.16 Å². The van der Waals surface area contributed by atoms with Gasteiger partial charge in [-0.15, -0.1) is 0 Å². The van der Waals surface area contributed by atoms with Gasteiger partial charge < -0.3 is 14.7 Å². The Labute approximate surface area is 96.7 Å². The molecule has 0 aromatic rings. The Morgan fingerprint density at radius 1 is 1.25 bits per heavy atom. The summed E-state index contributed by atoms with van der Waals surface area (Å²) in [4.78, 5) is 0. The van der Waals surface area contributed by atoms with E-state index >= 15 is 0 Å². The van der Waals surface area contributed by atoms with Crippen LogP contribution in [-0.2, 0) is 9.47 Å². The van der Waals surface area contributed by atoms with Crippen LogP contribution in [0.1, 0.15) is 39.5 Å². The lowest BCUT2D eigenvalue weighted by Gasteiger charge is -2.15. The van der Waals surface area contributed by atoms with E-state index in [0.717, 1.165) is 25.7 Å². The second-order valence-electron chi connectivity index (χ2n) is 3.38. The van der Waals surface area contributed by atoms with E-state index in [1.807, 2.05) is 13.8 Å². The summed E-state index contributed by atoms with van der Waals surface area (Å²) in [5.74, 6) is 0. The second kappa shape index (κ2) is 10.4. The SMILES string of the molecule is CCCCOC(OCCCC)/C(C#N)=N\O. The number of ether oxygens (including phenoxy) is 2. The highest BCUT2D eigenvalue weighted by molar-refractivity contribution is 6.00. The molecular formula is C11H20N2O3. The molecule has 1 N–H and O–H groups in total. The molecule has 0 aliphatic carbocycles. The van der Waals surface area contributed by atoms with Crippen LogP contribution in [0.4, 0.5) is 0 Å². The first-order valence-electron chi connectivity index (χ1n) is 5.65. The minimum atomic E-state index is -0.840. The van der Waals surface area contributed by atoms with E-state index in [1.54, 1.807) is 6.07 Å². The predicted molar refractivity (Wildman–Crippen MR) is 60.3 cm³/mol. The normalized spacial score (nSPS) is 11.8. The summed E-state index contributed by atoms with van der Waals surface area (Å²) in [6, 6.07) is 1.76. The van der Waals surface area contributed by atoms with Gasteiger partial charge in [-0.1, -0.05) is 31.8 Å². The molecule has 0 aliphatic heterocycles. The van der Waals surface area contributed by atoms with Gasteiger partial charge in [0.15, 0.2) is 0 Å². The number of rotatable bonds is 9. The first kappa shape index (κ1) is 14.9. The molecule has 0 saturated heterocycles. The maximum atomic E-state index is 8.71. The van der Waals surface area contributed by atoms with E-state index in [4.69, 9.17) is 19.9 Å². The molecule has 0 radical (unpaired) electrons. The highest BCUT2D eigenvalue weighted by Gasteiger charge is 2.17. The van der Waals surface area contributed by atoms with Gasteiger partial charge in [-0.05, 0) is 12.8 Å². The van der Waals surface area contributed by atoms with Gasteiger partial charge in [0.1, 0.15) is 6.07 Å². The lowest BCUT2D eigenvalue weighted by atomic mass is 10.3. The lowest BCUT2D eigenvalue weighted by Crippen LogP contribution is -2.27. The van der Waals surface area contributed by atoms with Crippen molar-refractivity contribution < 1.29 is 14.7 Å². The third-order valence-corrected chi connectivity index (χ3v) is 1.98. The van der Waals surface area contributed by atoms with Gasteiger partial charge in [-0.2, -0.15) is 5.26 Å². The average molecular weight is 228 g/mol. The molecule has 0 aromatic carbocycles. The largest absolute Gasteiger partial charge is 0.410 e. The van der Waals surface area contributed by atoms with E-state index in [2.05, 4.69) is 5.16 Å². The van der Waals surface area contributed by atoms with Crippen LogP contribution in [0.25, 0.3) is 0 Å². The van der Waals surface area contributed by atoms with Gasteiger partial charge in [-0.3, -0.25) is 0 Å². The van der Waals surface area contributed by atoms with Crippen molar-refractivity contribution >= 4 is 5.71 Å². The fraction of sp³-hybridized carbons (Fsp3) is 0.818. The fourth-order valence-corrected chi connectivity index (χ4v) is 0.998. The van der Waals surface area contributed by atoms with Crippen molar-refractivity contribution in [2.75, 3.05) is 13.2 Å². The Morgan fingerprint density at radius 3 is 2.06 bits per heavy atom. The van der Waals surface area contributed by atoms with E-state index < -0.39 is 6.29 Å². The summed E-state index contributed by atoms with van der Waals surface area (Å²) in [6.07, 6.45) is 2.93. The van der Waals surface area contributed by atoms with Crippen LogP contribution in [0, 0.1) is 11.3 Å². The second-order valence-corrected chi connectivity index (χ2v) is 3.38. The molecule has 0 heterocycles. The number of hydrogen-bond donors (Lipinski definition) is 1. The van der Waals surface area contributed by atoms with E-state index in [0.29, 0.717) is 13.2 Å². The minimum absolute atomic E-state index is 0.132. The molecule has 0 rings (SSSR count). The monoisotopic (exact) mass is 228 g/mol. The van der Waals surface area contributed by atoms with E-state index in [-0.39, 0.29) is 5.71 Å². The van der Waals surface area contributed by atoms with Crippen LogP contribution in [-0.4, -0.2) is 30.4 Å². The van der Waals surface area contributed by atoms with Gasteiger partial charge in [-0.25, -0.2) is 0 Å². The van der Waals surface area contributed by atoms with Gasteiger partial charge in [0, 0.05) is 0 Å². The van der Waals surface area contributed by atoms with Crippen molar-refractivity contribution in [1.82, 2.24) is 0 Å². The molecule has 5 nitrogen and oxygen atoms in total. The molecular weight excluding hydrogens is 208 g/mol. The molecule has 0 amide bonds. The van der Waals surface area contributed by atoms with Crippen LogP contribution in [0.3, 0.4) is 0 Å². The van der Waals surface area contributed by atoms with Crippen molar-refractivity contribution in [2.45, 2.75) is 45.8 Å². The Morgan fingerprint density at radius 2 is 1.75 bits per heavy atom. The number of unbranched alkanes of at least 4 members (excludes halogenated alkanes) is 2. The zero-order valence-electron chi connectivity index (χ0n) is 9.98. The summed E-state index contributed by atoms with van der Waals surface area (Å²) in [5, 5.41) is 20.2. The number of nitriles is 1. The zero-order chi connectivity index (χ0) is 12.2. The average Bonchev–Trinajstić information content (AvgIpc) is 2.30. The molecule has 0 bridgehead atoms. The van der Waals surface area contributed by atoms with Crippen LogP contribution < -0.4 is 0 Å². The summed E-state index contributed by atoms with van der Waals surface area (Å²) < 4.78 is 10.7. The van der Waals surface area contributed by atoms with E-state index in [1.165, 1.54) is 0 Å². The number of nitrogens with zero attached hydrogens (tertiary/aromatic N) is 2. The maximum absolute atomic E-state index is 8.71. The highest BCUT2D eigenvalue weighted by atomic mass is 16.7. The van der Waals surface area contributed by atoms with Crippen LogP contribution in [0.15, 0.2) is 5.16 Å². The fourth-order valence-electron chi connectivity index (χ4n) is 0.998. The summed E-state index contributed by atoms with van der Waals surface area (Å²) in [5.41, 5.74) is -0.132. The number of hydrogen-bond acceptors (Lipinski definition) is 5. The summed E-state index contributed by atoms with van der Waals surface area (Å²) in [7, 11) is 0. The molecule has 0 aromatic heterocycles. The summed E-state index contributed by atoms with van der Waals surface area (Å²) in [6.45, 7) is 5.07. The first-order chi connectivity index (χ1) is 7.79. The molecule has 92 valence electrons. The van der Waals surface area contributed by atoms with Gasteiger partial charge in [0.2, 0.25) is 12.0 Å². The minimum Gasteiger partial charge on any atom is -0.410 e. The predicted octanol–water partition coefficient (Wildman–Crippen LogP) is 2.30. The van der Waals surface area contributed by atoms with Crippen LogP contribution >= 0.6 is 0 Å². The Balaban J connectivity index is 4.11. The molecule has 0 unspecified atom stereocenters. The van der Waals surface area contributed by atoms with Gasteiger partial charge >= 0.3 is 0 Å². The topological polar surface area (TPSA) is 74.8 Å². The Kier molecular flexibility index (Phi) is 9.67. The molecule has 0 aliphatic rings. The smallest absolute Gasteiger partial charge is 0.215 e. The van der Waals surface area contributed by atoms with E-state index in [9.17, 15) is 0 Å². The lowest BCUT2D eigenvalue weighted by molar-refractivity contribution is -0.0992. The number of oxime groups is 1. The molecule has 0 atom stereocenters. The third kappa shape index (κ3) is 6.38. The first-order valence-corrected chi connectivity index (χ1v) is 5.65. The third-order valence-electron chi connectivity index (χ3n) is 1.98. The standard InChI is InChI=1S/C11H20N2O3/c1-3-5-7-15-11(10(9-12)13-14)16-8-6-4-2/h11,14H,3-8H2,1-2H3/b13-10-. The zero-order valence-corrected chi connectivity index (χ0v) is 9.98. The van der Waals surface area contributed by atoms with Gasteiger partial charge in [0.05, 0.1) is 13.2 Å². The van der Waals surface area contributed by atoms with Crippen LogP contribution in [0.5, 0.6) is 0 Å². The van der Waals surface area contributed by atoms with Crippen molar-refractivity contribution in [1.29, 1.82) is 5.26 Å². The molecule has 0 saturated carbocycles. The Hall–Kier alpha value is -1.12. The Bertz CT molecular complexity index is 226. The van der Waals surface area contributed by atoms with Crippen molar-refractivity contribution in [3.05, 3.63) is 0 Å². The summed E-state index contributed by atoms with van der Waals surface area (Å²) >= 11 is 0. The molecule has 0 fully saturated rings. The molecule has 16 heavy (non-hydrogen) atoms. The van der Waals surface area contributed by atoms with Gasteiger partial charge in [0.25, 0.3) is 0 Å². The van der Waals surface area contributed by atoms with Crippen molar-refractivity contribution in [3.8, 4) is 6.07 Å². The van der Waals surface area contributed by atoms with Crippen molar-refractivity contribution in [3.63, 3.8) is 0 Å². The molecule has 5 heteroatoms. The van der Waals surface area contributed by atoms with Crippen LogP contribution in [0.2, 0.25) is 0 Å². The highest BCUT2D eigenvalue weighted by Crippen LogP contribution is 2.02.